The molecule has 0 aliphatic carbocycles. The molecule has 0 saturated carbocycles. The summed E-state index contributed by atoms with van der Waals surface area (Å²) in [5.74, 6) is -0.257. The Morgan fingerprint density at radius 1 is 0.833 bits per heavy atom. The Morgan fingerprint density at radius 3 is 1.53 bits per heavy atom. The van der Waals surface area contributed by atoms with E-state index in [1.165, 1.54) is 48.8 Å². The molecule has 0 unspecified atom stereocenters. The zero-order valence-corrected chi connectivity index (χ0v) is 16.2. The maximum atomic E-state index is 10.8. The normalized spacial score (nSPS) is 11.1. The van der Waals surface area contributed by atoms with E-state index < -0.39 is 9.85 Å². The first kappa shape index (κ1) is 22.1. The summed E-state index contributed by atoms with van der Waals surface area (Å²) in [5.41, 5.74) is 0.109. The van der Waals surface area contributed by atoms with Crippen molar-refractivity contribution >= 4 is 23.8 Å². The fourth-order valence-corrected chi connectivity index (χ4v) is 2.24. The Kier molecular flexibility index (Phi) is 7.22. The van der Waals surface area contributed by atoms with Crippen LogP contribution in [0.4, 0.5) is 11.4 Å². The third kappa shape index (κ3) is 6.15. The number of benzene rings is 2. The molecule has 0 aliphatic rings. The van der Waals surface area contributed by atoms with Crippen LogP contribution in [0.15, 0.2) is 46.6 Å². The quantitative estimate of drug-likeness (QED) is 0.357. The molecule has 2 aromatic carbocycles. The molecule has 2 rings (SSSR count). The molecule has 158 valence electrons. The van der Waals surface area contributed by atoms with Gasteiger partial charge < -0.3 is 10.2 Å². The molecule has 0 heterocycles. The zero-order chi connectivity index (χ0) is 22.3. The van der Waals surface area contributed by atoms with Gasteiger partial charge in [0.2, 0.25) is 0 Å². The lowest BCUT2D eigenvalue weighted by molar-refractivity contribution is -0.385. The summed E-state index contributed by atoms with van der Waals surface area (Å²) in [5, 5.41) is 52.5. The van der Waals surface area contributed by atoms with Crippen LogP contribution in [0.5, 0.6) is 11.5 Å². The monoisotopic (exact) mass is 416 g/mol. The lowest BCUT2D eigenvalue weighted by Crippen LogP contribution is -2.25. The highest BCUT2D eigenvalue weighted by molar-refractivity contribution is 5.84. The van der Waals surface area contributed by atoms with Crippen LogP contribution in [0.3, 0.4) is 0 Å². The molecule has 0 saturated heterocycles. The maximum absolute atomic E-state index is 10.8. The molecule has 0 radical (unpaired) electrons. The van der Waals surface area contributed by atoms with E-state index >= 15 is 0 Å². The molecule has 12 heteroatoms. The Labute approximate surface area is 171 Å². The van der Waals surface area contributed by atoms with Crippen LogP contribution in [0.2, 0.25) is 0 Å². The number of hydrazone groups is 2. The SMILES string of the molecule is CN(CCN(C)/N=C/c1cc([N+](=O)[O-])ccc1O)/N=C/c1cc([N+](=O)[O-])ccc1O. The second kappa shape index (κ2) is 9.82. The van der Waals surface area contributed by atoms with Gasteiger partial charge in [0.15, 0.2) is 0 Å². The molecule has 2 N–H and O–H groups in total. The summed E-state index contributed by atoms with van der Waals surface area (Å²) in [6.45, 7) is 0.835. The van der Waals surface area contributed by atoms with Crippen molar-refractivity contribution in [3.8, 4) is 11.5 Å². The Morgan fingerprint density at radius 2 is 1.20 bits per heavy atom. The third-order valence-electron chi connectivity index (χ3n) is 3.98. The number of likely N-dealkylation sites (N-methyl/N-ethyl adjacent to an activating group) is 2. The predicted octanol–water partition coefficient (Wildman–Crippen LogP) is 2.15. The van der Waals surface area contributed by atoms with Crippen molar-refractivity contribution in [2.75, 3.05) is 27.2 Å². The first-order chi connectivity index (χ1) is 14.2. The number of rotatable bonds is 9. The standard InChI is InChI=1S/C18H20N6O6/c1-21(19-11-13-9-15(23(27)28)3-5-17(13)25)7-8-22(2)20-12-14-10-16(24(29)30)4-6-18(14)26/h3-6,9-12,25-26H,7-8H2,1-2H3/b19-11+,20-12+. The van der Waals surface area contributed by atoms with Crippen molar-refractivity contribution in [3.63, 3.8) is 0 Å². The van der Waals surface area contributed by atoms with Gasteiger partial charge in [-0.15, -0.1) is 0 Å². The number of phenols is 2. The molecule has 30 heavy (non-hydrogen) atoms. The summed E-state index contributed by atoms with van der Waals surface area (Å²) in [6.07, 6.45) is 2.62. The maximum Gasteiger partial charge on any atom is 0.270 e. The van der Waals surface area contributed by atoms with Crippen molar-refractivity contribution in [1.29, 1.82) is 0 Å². The number of nitro groups is 2. The molecule has 0 atom stereocenters. The molecule has 0 aromatic heterocycles. The Hall–Kier alpha value is -4.22. The largest absolute Gasteiger partial charge is 0.507 e. The number of nitrogens with zero attached hydrogens (tertiary/aromatic N) is 6. The first-order valence-corrected chi connectivity index (χ1v) is 8.62. The van der Waals surface area contributed by atoms with E-state index in [9.17, 15) is 30.4 Å². The second-order valence-electron chi connectivity index (χ2n) is 6.25. The van der Waals surface area contributed by atoms with Gasteiger partial charge in [-0.3, -0.25) is 30.2 Å². The second-order valence-corrected chi connectivity index (χ2v) is 6.25. The van der Waals surface area contributed by atoms with Gasteiger partial charge >= 0.3 is 0 Å². The summed E-state index contributed by atoms with van der Waals surface area (Å²) in [6, 6.07) is 7.28. The van der Waals surface area contributed by atoms with Gasteiger partial charge in [0.1, 0.15) is 11.5 Å². The number of nitro benzene ring substituents is 2. The molecular formula is C18H20N6O6. The van der Waals surface area contributed by atoms with E-state index in [-0.39, 0.29) is 34.0 Å². The van der Waals surface area contributed by atoms with Gasteiger partial charge in [-0.1, -0.05) is 0 Å². The van der Waals surface area contributed by atoms with Crippen LogP contribution < -0.4 is 0 Å². The van der Waals surface area contributed by atoms with E-state index in [4.69, 9.17) is 0 Å². The lowest BCUT2D eigenvalue weighted by Gasteiger charge is -2.17. The van der Waals surface area contributed by atoms with E-state index in [1.54, 1.807) is 24.1 Å². The molecular weight excluding hydrogens is 396 g/mol. The highest BCUT2D eigenvalue weighted by Gasteiger charge is 2.10. The van der Waals surface area contributed by atoms with E-state index in [0.29, 0.717) is 13.1 Å². The van der Waals surface area contributed by atoms with Crippen molar-refractivity contribution in [1.82, 2.24) is 10.0 Å². The molecule has 0 aliphatic heterocycles. The van der Waals surface area contributed by atoms with Crippen molar-refractivity contribution in [2.45, 2.75) is 0 Å². The number of non-ortho nitro benzene ring substituents is 2. The summed E-state index contributed by atoms with van der Waals surface area (Å²) >= 11 is 0. The minimum atomic E-state index is -0.563. The van der Waals surface area contributed by atoms with Gasteiger partial charge in [0.05, 0.1) is 35.4 Å². The van der Waals surface area contributed by atoms with Gasteiger partial charge in [0, 0.05) is 49.5 Å². The van der Waals surface area contributed by atoms with Crippen LogP contribution in [0.1, 0.15) is 11.1 Å². The fourth-order valence-electron chi connectivity index (χ4n) is 2.24. The van der Waals surface area contributed by atoms with E-state index in [2.05, 4.69) is 10.2 Å². The zero-order valence-electron chi connectivity index (χ0n) is 16.2. The Balaban J connectivity index is 1.94. The minimum Gasteiger partial charge on any atom is -0.507 e. The number of hydrogen-bond donors (Lipinski definition) is 2. The fraction of sp³-hybridized carbons (Fsp3) is 0.222. The molecule has 0 fully saturated rings. The van der Waals surface area contributed by atoms with E-state index in [0.717, 1.165) is 0 Å². The summed E-state index contributed by atoms with van der Waals surface area (Å²) in [4.78, 5) is 20.5. The average Bonchev–Trinajstić information content (AvgIpc) is 2.70. The molecule has 2 aromatic rings. The van der Waals surface area contributed by atoms with Crippen LogP contribution in [-0.4, -0.2) is 69.7 Å². The molecule has 0 spiro atoms. The molecule has 12 nitrogen and oxygen atoms in total. The van der Waals surface area contributed by atoms with Crippen LogP contribution >= 0.6 is 0 Å². The minimum absolute atomic E-state index is 0.128. The van der Waals surface area contributed by atoms with Crippen molar-refractivity contribution in [3.05, 3.63) is 67.8 Å². The lowest BCUT2D eigenvalue weighted by atomic mass is 10.2. The van der Waals surface area contributed by atoms with Crippen LogP contribution in [-0.2, 0) is 0 Å². The predicted molar refractivity (Wildman–Crippen MR) is 110 cm³/mol. The molecule has 0 amide bonds. The summed E-state index contributed by atoms with van der Waals surface area (Å²) < 4.78 is 0. The van der Waals surface area contributed by atoms with E-state index in [1.807, 2.05) is 0 Å². The topological polar surface area (TPSA) is 158 Å². The van der Waals surface area contributed by atoms with Gasteiger partial charge in [-0.2, -0.15) is 10.2 Å². The van der Waals surface area contributed by atoms with Crippen LogP contribution in [0.25, 0.3) is 0 Å². The third-order valence-corrected chi connectivity index (χ3v) is 3.98. The van der Waals surface area contributed by atoms with Gasteiger partial charge in [-0.25, -0.2) is 0 Å². The smallest absolute Gasteiger partial charge is 0.270 e. The highest BCUT2D eigenvalue weighted by Crippen LogP contribution is 2.22. The highest BCUT2D eigenvalue weighted by atomic mass is 16.6. The van der Waals surface area contributed by atoms with Gasteiger partial charge in [-0.05, 0) is 12.1 Å². The van der Waals surface area contributed by atoms with Gasteiger partial charge in [0.25, 0.3) is 11.4 Å². The Bertz CT molecular complexity index is 914. The van der Waals surface area contributed by atoms with Crippen molar-refractivity contribution in [2.24, 2.45) is 10.2 Å². The number of aromatic hydroxyl groups is 2. The average molecular weight is 416 g/mol. The first-order valence-electron chi connectivity index (χ1n) is 8.62. The number of phenolic OH excluding ortho intramolecular Hbond substituents is 2. The van der Waals surface area contributed by atoms with Crippen molar-refractivity contribution < 1.29 is 20.1 Å². The summed E-state index contributed by atoms with van der Waals surface area (Å²) in [7, 11) is 3.35. The van der Waals surface area contributed by atoms with Crippen LogP contribution in [0, 0.1) is 20.2 Å². The molecule has 0 bridgehead atoms. The number of hydrogen-bond acceptors (Lipinski definition) is 10.